The summed E-state index contributed by atoms with van der Waals surface area (Å²) in [4.78, 5) is 47.0. The van der Waals surface area contributed by atoms with E-state index in [1.165, 1.54) is 6.42 Å². The number of amides is 3. The summed E-state index contributed by atoms with van der Waals surface area (Å²) in [5.74, 6) is 0.462. The molecule has 8 nitrogen and oxygen atoms in total. The van der Waals surface area contributed by atoms with Crippen LogP contribution >= 0.6 is 23.2 Å². The summed E-state index contributed by atoms with van der Waals surface area (Å²) in [5, 5.41) is 4.50. The van der Waals surface area contributed by atoms with Gasteiger partial charge in [0.2, 0.25) is 17.7 Å². The Balaban J connectivity index is 1.51. The fraction of sp³-hybridized carbons (Fsp3) is 0.719. The fourth-order valence-corrected chi connectivity index (χ4v) is 7.75. The summed E-state index contributed by atoms with van der Waals surface area (Å²) in [6.45, 7) is 6.10. The third-order valence-corrected chi connectivity index (χ3v) is 10.6. The van der Waals surface area contributed by atoms with E-state index in [4.69, 9.17) is 23.2 Å². The summed E-state index contributed by atoms with van der Waals surface area (Å²) < 4.78 is 0. The van der Waals surface area contributed by atoms with Gasteiger partial charge in [-0.15, -0.1) is 0 Å². The van der Waals surface area contributed by atoms with Crippen molar-refractivity contribution in [2.75, 3.05) is 60.4 Å². The zero-order valence-electron chi connectivity index (χ0n) is 25.8. The standard InChI is InChI=1S/C32H49Cl2N5O3/c1-23(40)38-19-12-24(13-20-38)30(41)37(4)22-26(25-9-11-28(33)29(34)21-25)8-10-27-7-5-6-18-39(27)32(31(42)36(2)3)14-16-35-17-15-32/h9,11,21,24,26-27,35H,5-8,10,12-20,22H2,1-4H3. The minimum absolute atomic E-state index is 0.0642. The average Bonchev–Trinajstić information content (AvgIpc) is 3.00. The lowest BCUT2D eigenvalue weighted by atomic mass is 9.80. The first kappa shape index (κ1) is 33.0. The Hall–Kier alpha value is -1.87. The number of nitrogens with one attached hydrogen (secondary N) is 1. The van der Waals surface area contributed by atoms with Crippen molar-refractivity contribution in [1.82, 2.24) is 24.9 Å². The van der Waals surface area contributed by atoms with Crippen LogP contribution in [0.4, 0.5) is 0 Å². The van der Waals surface area contributed by atoms with Gasteiger partial charge in [-0.3, -0.25) is 19.3 Å². The third kappa shape index (κ3) is 7.61. The molecule has 1 aromatic rings. The summed E-state index contributed by atoms with van der Waals surface area (Å²) in [6, 6.07) is 6.13. The van der Waals surface area contributed by atoms with Crippen molar-refractivity contribution in [2.24, 2.45) is 5.92 Å². The second-order valence-corrected chi connectivity index (χ2v) is 13.6. The zero-order valence-corrected chi connectivity index (χ0v) is 27.4. The number of likely N-dealkylation sites (tertiary alicyclic amines) is 2. The van der Waals surface area contributed by atoms with Gasteiger partial charge in [-0.25, -0.2) is 0 Å². The van der Waals surface area contributed by atoms with E-state index in [1.807, 2.05) is 49.1 Å². The Bertz CT molecular complexity index is 1100. The molecule has 3 amide bonds. The van der Waals surface area contributed by atoms with Crippen molar-refractivity contribution in [2.45, 2.75) is 82.2 Å². The molecule has 0 spiro atoms. The molecular weight excluding hydrogens is 573 g/mol. The molecular formula is C32H49Cl2N5O3. The molecule has 0 aliphatic carbocycles. The number of benzene rings is 1. The second kappa shape index (κ2) is 14.7. The van der Waals surface area contributed by atoms with Gasteiger partial charge >= 0.3 is 0 Å². The Labute approximate surface area is 262 Å². The van der Waals surface area contributed by atoms with Crippen LogP contribution in [0.2, 0.25) is 10.0 Å². The molecule has 3 heterocycles. The molecule has 2 atom stereocenters. The topological polar surface area (TPSA) is 76.2 Å². The lowest BCUT2D eigenvalue weighted by molar-refractivity contribution is -0.148. The van der Waals surface area contributed by atoms with Gasteiger partial charge in [0.25, 0.3) is 0 Å². The number of likely N-dealkylation sites (N-methyl/N-ethyl adjacent to an activating group) is 2. The van der Waals surface area contributed by atoms with Gasteiger partial charge in [0.05, 0.1) is 10.0 Å². The van der Waals surface area contributed by atoms with Crippen LogP contribution in [0, 0.1) is 5.92 Å². The molecule has 4 rings (SSSR count). The Morgan fingerprint density at radius 3 is 2.31 bits per heavy atom. The molecule has 1 N–H and O–H groups in total. The molecule has 3 aliphatic heterocycles. The third-order valence-electron chi connectivity index (χ3n) is 9.84. The fourth-order valence-electron chi connectivity index (χ4n) is 7.44. The number of carbonyl (C=O) groups excluding carboxylic acids is 3. The number of rotatable bonds is 9. The number of carbonyl (C=O) groups is 3. The Kier molecular flexibility index (Phi) is 11.6. The van der Waals surface area contributed by atoms with Crippen LogP contribution in [0.1, 0.15) is 76.2 Å². The van der Waals surface area contributed by atoms with E-state index >= 15 is 0 Å². The summed E-state index contributed by atoms with van der Waals surface area (Å²) in [5.41, 5.74) is 0.624. The highest BCUT2D eigenvalue weighted by Gasteiger charge is 2.48. The SMILES string of the molecule is CC(=O)N1CCC(C(=O)N(C)CC(CCC2CCCCN2C2(C(=O)N(C)C)CCNCC2)c2ccc(Cl)c(Cl)c2)CC1. The summed E-state index contributed by atoms with van der Waals surface area (Å²) in [6.07, 6.45) is 8.25. The number of hydrogen-bond acceptors (Lipinski definition) is 5. The maximum absolute atomic E-state index is 13.7. The lowest BCUT2D eigenvalue weighted by Gasteiger charge is -2.51. The number of hydrogen-bond donors (Lipinski definition) is 1. The summed E-state index contributed by atoms with van der Waals surface area (Å²) in [7, 11) is 5.65. The minimum atomic E-state index is -0.458. The first-order valence-electron chi connectivity index (χ1n) is 15.7. The quantitative estimate of drug-likeness (QED) is 0.435. The Morgan fingerprint density at radius 1 is 1.00 bits per heavy atom. The van der Waals surface area contributed by atoms with Crippen LogP contribution in [-0.2, 0) is 14.4 Å². The lowest BCUT2D eigenvalue weighted by Crippen LogP contribution is -2.66. The molecule has 0 bridgehead atoms. The molecule has 1 aromatic carbocycles. The van der Waals surface area contributed by atoms with Gasteiger partial charge in [0, 0.05) is 65.6 Å². The zero-order chi connectivity index (χ0) is 30.4. The first-order chi connectivity index (χ1) is 20.0. The number of halogens is 2. The van der Waals surface area contributed by atoms with Crippen LogP contribution in [0.5, 0.6) is 0 Å². The van der Waals surface area contributed by atoms with E-state index in [-0.39, 0.29) is 29.6 Å². The van der Waals surface area contributed by atoms with Gasteiger partial charge in [-0.1, -0.05) is 35.7 Å². The van der Waals surface area contributed by atoms with E-state index in [2.05, 4.69) is 10.2 Å². The molecule has 42 heavy (non-hydrogen) atoms. The predicted molar refractivity (Wildman–Crippen MR) is 169 cm³/mol. The van der Waals surface area contributed by atoms with Gasteiger partial charge < -0.3 is 20.0 Å². The van der Waals surface area contributed by atoms with E-state index < -0.39 is 5.54 Å². The molecule has 10 heteroatoms. The molecule has 234 valence electrons. The smallest absolute Gasteiger partial charge is 0.242 e. The maximum atomic E-state index is 13.7. The van der Waals surface area contributed by atoms with Crippen LogP contribution in [0.3, 0.4) is 0 Å². The first-order valence-corrected chi connectivity index (χ1v) is 16.4. The normalized spacial score (nSPS) is 22.4. The molecule has 0 radical (unpaired) electrons. The monoisotopic (exact) mass is 621 g/mol. The van der Waals surface area contributed by atoms with E-state index in [0.717, 1.165) is 63.7 Å². The van der Waals surface area contributed by atoms with Crippen molar-refractivity contribution < 1.29 is 14.4 Å². The molecule has 3 saturated heterocycles. The van der Waals surface area contributed by atoms with E-state index in [9.17, 15) is 14.4 Å². The number of nitrogens with zero attached hydrogens (tertiary/aromatic N) is 4. The minimum Gasteiger partial charge on any atom is -0.347 e. The predicted octanol–water partition coefficient (Wildman–Crippen LogP) is 4.64. The maximum Gasteiger partial charge on any atom is 0.242 e. The van der Waals surface area contributed by atoms with Crippen molar-refractivity contribution in [3.63, 3.8) is 0 Å². The van der Waals surface area contributed by atoms with Crippen LogP contribution in [0.15, 0.2) is 18.2 Å². The number of piperidine rings is 3. The largest absolute Gasteiger partial charge is 0.347 e. The van der Waals surface area contributed by atoms with Crippen molar-refractivity contribution >= 4 is 40.9 Å². The molecule has 2 unspecified atom stereocenters. The molecule has 0 aromatic heterocycles. The van der Waals surface area contributed by atoms with Gasteiger partial charge in [-0.2, -0.15) is 0 Å². The van der Waals surface area contributed by atoms with Crippen molar-refractivity contribution in [3.8, 4) is 0 Å². The summed E-state index contributed by atoms with van der Waals surface area (Å²) >= 11 is 12.8. The molecule has 3 fully saturated rings. The highest BCUT2D eigenvalue weighted by Crippen LogP contribution is 2.38. The molecule has 0 saturated carbocycles. The van der Waals surface area contributed by atoms with Crippen LogP contribution < -0.4 is 5.32 Å². The van der Waals surface area contributed by atoms with Gasteiger partial charge in [0.1, 0.15) is 5.54 Å². The average molecular weight is 623 g/mol. The molecule has 3 aliphatic rings. The van der Waals surface area contributed by atoms with Gasteiger partial charge in [0.15, 0.2) is 0 Å². The Morgan fingerprint density at radius 2 is 1.69 bits per heavy atom. The highest BCUT2D eigenvalue weighted by atomic mass is 35.5. The highest BCUT2D eigenvalue weighted by molar-refractivity contribution is 6.42. The van der Waals surface area contributed by atoms with Gasteiger partial charge in [-0.05, 0) is 88.7 Å². The van der Waals surface area contributed by atoms with Crippen molar-refractivity contribution in [3.05, 3.63) is 33.8 Å². The van der Waals surface area contributed by atoms with Crippen LogP contribution in [-0.4, -0.2) is 109 Å². The van der Waals surface area contributed by atoms with Crippen molar-refractivity contribution in [1.29, 1.82) is 0 Å². The van der Waals surface area contributed by atoms with Crippen LogP contribution in [0.25, 0.3) is 0 Å². The second-order valence-electron chi connectivity index (χ2n) is 12.8. The van der Waals surface area contributed by atoms with E-state index in [1.54, 1.807) is 11.8 Å². The van der Waals surface area contributed by atoms with E-state index in [0.29, 0.717) is 48.6 Å².